The number of thiophene rings is 1. The van der Waals surface area contributed by atoms with Crippen LogP contribution in [0.15, 0.2) is 17.5 Å². The molecule has 0 saturated heterocycles. The van der Waals surface area contributed by atoms with E-state index in [2.05, 4.69) is 23.5 Å². The van der Waals surface area contributed by atoms with Crippen LogP contribution in [0.2, 0.25) is 0 Å². The summed E-state index contributed by atoms with van der Waals surface area (Å²) in [6, 6.07) is 4.09. The number of hydrogen-bond donors (Lipinski definition) is 1. The van der Waals surface area contributed by atoms with Crippen molar-refractivity contribution in [1.29, 1.82) is 0 Å². The molecule has 1 atom stereocenters. The van der Waals surface area contributed by atoms with Crippen LogP contribution in [0.5, 0.6) is 0 Å². The van der Waals surface area contributed by atoms with Gasteiger partial charge in [-0.1, -0.05) is 0 Å². The van der Waals surface area contributed by atoms with Crippen LogP contribution in [0.1, 0.15) is 27.9 Å². The number of nitrogens with zero attached hydrogens (tertiary/aromatic N) is 2. The molecule has 0 amide bonds. The Morgan fingerprint density at radius 2 is 2.20 bits per heavy atom. The molecule has 0 saturated carbocycles. The molecule has 0 radical (unpaired) electrons. The van der Waals surface area contributed by atoms with Crippen LogP contribution in [0.3, 0.4) is 0 Å². The van der Waals surface area contributed by atoms with E-state index in [1.807, 2.05) is 24.7 Å². The molecule has 0 aliphatic heterocycles. The standard InChI is InChI=1S/C11H15N3S/c1-7-4-5-15-11(7)10(12)9-6-8(2)13-14(9)3/h4-6,10H,12H2,1-3H3. The van der Waals surface area contributed by atoms with E-state index >= 15 is 0 Å². The van der Waals surface area contributed by atoms with E-state index in [0.717, 1.165) is 11.4 Å². The lowest BCUT2D eigenvalue weighted by atomic mass is 10.1. The summed E-state index contributed by atoms with van der Waals surface area (Å²) in [4.78, 5) is 1.22. The number of rotatable bonds is 2. The minimum Gasteiger partial charge on any atom is -0.318 e. The van der Waals surface area contributed by atoms with E-state index in [1.165, 1.54) is 10.4 Å². The van der Waals surface area contributed by atoms with Crippen LogP contribution in [0, 0.1) is 13.8 Å². The van der Waals surface area contributed by atoms with Crippen molar-refractivity contribution in [2.24, 2.45) is 12.8 Å². The van der Waals surface area contributed by atoms with E-state index in [9.17, 15) is 0 Å². The van der Waals surface area contributed by atoms with Crippen molar-refractivity contribution in [3.8, 4) is 0 Å². The van der Waals surface area contributed by atoms with Crippen molar-refractivity contribution in [3.05, 3.63) is 39.3 Å². The smallest absolute Gasteiger partial charge is 0.0819 e. The molecule has 0 aliphatic carbocycles. The fraction of sp³-hybridized carbons (Fsp3) is 0.364. The Labute approximate surface area is 93.5 Å². The van der Waals surface area contributed by atoms with Gasteiger partial charge in [0.25, 0.3) is 0 Å². The molecule has 2 aromatic heterocycles. The highest BCUT2D eigenvalue weighted by molar-refractivity contribution is 7.10. The minimum atomic E-state index is -0.0591. The largest absolute Gasteiger partial charge is 0.318 e. The van der Waals surface area contributed by atoms with Gasteiger partial charge < -0.3 is 5.73 Å². The first kappa shape index (κ1) is 10.4. The lowest BCUT2D eigenvalue weighted by Gasteiger charge is -2.11. The van der Waals surface area contributed by atoms with Crippen molar-refractivity contribution >= 4 is 11.3 Å². The average molecular weight is 221 g/mol. The molecular formula is C11H15N3S. The van der Waals surface area contributed by atoms with Crippen molar-refractivity contribution in [2.45, 2.75) is 19.9 Å². The average Bonchev–Trinajstić information content (AvgIpc) is 2.71. The van der Waals surface area contributed by atoms with Crippen LogP contribution >= 0.6 is 11.3 Å². The fourth-order valence-electron chi connectivity index (χ4n) is 1.76. The molecule has 0 fully saturated rings. The third kappa shape index (κ3) is 1.82. The fourth-order valence-corrected chi connectivity index (χ4v) is 2.70. The van der Waals surface area contributed by atoms with Gasteiger partial charge in [-0.3, -0.25) is 4.68 Å². The second kappa shape index (κ2) is 3.79. The maximum absolute atomic E-state index is 6.23. The van der Waals surface area contributed by atoms with Crippen molar-refractivity contribution in [2.75, 3.05) is 0 Å². The lowest BCUT2D eigenvalue weighted by Crippen LogP contribution is -2.15. The summed E-state index contributed by atoms with van der Waals surface area (Å²) in [6.07, 6.45) is 0. The first-order chi connectivity index (χ1) is 7.09. The van der Waals surface area contributed by atoms with E-state index in [-0.39, 0.29) is 6.04 Å². The van der Waals surface area contributed by atoms with Crippen LogP contribution < -0.4 is 5.73 Å². The summed E-state index contributed by atoms with van der Waals surface area (Å²) in [5.74, 6) is 0. The predicted molar refractivity (Wildman–Crippen MR) is 63.0 cm³/mol. The van der Waals surface area contributed by atoms with Gasteiger partial charge in [-0.25, -0.2) is 0 Å². The van der Waals surface area contributed by atoms with Gasteiger partial charge in [0.05, 0.1) is 17.4 Å². The molecule has 0 bridgehead atoms. The van der Waals surface area contributed by atoms with E-state index in [1.54, 1.807) is 11.3 Å². The second-order valence-electron chi connectivity index (χ2n) is 3.78. The zero-order chi connectivity index (χ0) is 11.0. The summed E-state index contributed by atoms with van der Waals surface area (Å²) in [6.45, 7) is 4.08. The Morgan fingerprint density at radius 3 is 2.67 bits per heavy atom. The molecule has 2 heterocycles. The Hall–Kier alpha value is -1.13. The maximum Gasteiger partial charge on any atom is 0.0819 e. The lowest BCUT2D eigenvalue weighted by molar-refractivity contribution is 0.672. The van der Waals surface area contributed by atoms with Crippen LogP contribution in [-0.2, 0) is 7.05 Å². The summed E-state index contributed by atoms with van der Waals surface area (Å²) < 4.78 is 1.86. The molecule has 4 heteroatoms. The van der Waals surface area contributed by atoms with Crippen LogP contribution in [0.25, 0.3) is 0 Å². The Morgan fingerprint density at radius 1 is 1.47 bits per heavy atom. The topological polar surface area (TPSA) is 43.8 Å². The summed E-state index contributed by atoms with van der Waals surface area (Å²) >= 11 is 1.70. The Kier molecular flexibility index (Phi) is 2.63. The molecule has 2 rings (SSSR count). The molecular weight excluding hydrogens is 206 g/mol. The van der Waals surface area contributed by atoms with E-state index < -0.39 is 0 Å². The molecule has 1 unspecified atom stereocenters. The number of nitrogens with two attached hydrogens (primary N) is 1. The first-order valence-electron chi connectivity index (χ1n) is 4.89. The van der Waals surface area contributed by atoms with Gasteiger partial charge in [-0.15, -0.1) is 11.3 Å². The monoisotopic (exact) mass is 221 g/mol. The molecule has 80 valence electrons. The number of hydrogen-bond acceptors (Lipinski definition) is 3. The van der Waals surface area contributed by atoms with Crippen molar-refractivity contribution in [1.82, 2.24) is 9.78 Å². The zero-order valence-electron chi connectivity index (χ0n) is 9.19. The molecule has 2 N–H and O–H groups in total. The van der Waals surface area contributed by atoms with Gasteiger partial charge in [0.2, 0.25) is 0 Å². The molecule has 0 spiro atoms. The highest BCUT2D eigenvalue weighted by atomic mass is 32.1. The number of aryl methyl sites for hydroxylation is 3. The minimum absolute atomic E-state index is 0.0591. The van der Waals surface area contributed by atoms with Gasteiger partial charge in [0.1, 0.15) is 0 Å². The molecule has 0 aliphatic rings. The zero-order valence-corrected chi connectivity index (χ0v) is 10.0. The summed E-state index contributed by atoms with van der Waals surface area (Å²) in [5.41, 5.74) is 9.56. The first-order valence-corrected chi connectivity index (χ1v) is 5.77. The van der Waals surface area contributed by atoms with E-state index in [4.69, 9.17) is 5.73 Å². The van der Waals surface area contributed by atoms with Crippen LogP contribution in [-0.4, -0.2) is 9.78 Å². The number of aromatic nitrogens is 2. The van der Waals surface area contributed by atoms with Crippen molar-refractivity contribution < 1.29 is 0 Å². The molecule has 15 heavy (non-hydrogen) atoms. The SMILES string of the molecule is Cc1cc(C(N)c2sccc2C)n(C)n1. The van der Waals surface area contributed by atoms with Gasteiger partial charge in [0, 0.05) is 11.9 Å². The Balaban J connectivity index is 2.40. The third-order valence-corrected chi connectivity index (χ3v) is 3.64. The second-order valence-corrected chi connectivity index (χ2v) is 4.73. The molecule has 2 aromatic rings. The van der Waals surface area contributed by atoms with Gasteiger partial charge in [-0.05, 0) is 36.9 Å². The highest BCUT2D eigenvalue weighted by Crippen LogP contribution is 2.27. The predicted octanol–water partition coefficient (Wildman–Crippen LogP) is 2.15. The highest BCUT2D eigenvalue weighted by Gasteiger charge is 2.16. The van der Waals surface area contributed by atoms with Crippen LogP contribution in [0.4, 0.5) is 0 Å². The molecule has 0 aromatic carbocycles. The summed E-state index contributed by atoms with van der Waals surface area (Å²) in [7, 11) is 1.94. The third-order valence-electron chi connectivity index (χ3n) is 2.54. The quantitative estimate of drug-likeness (QED) is 0.844. The normalized spacial score (nSPS) is 13.1. The van der Waals surface area contributed by atoms with Gasteiger partial charge >= 0.3 is 0 Å². The van der Waals surface area contributed by atoms with Gasteiger partial charge in [-0.2, -0.15) is 5.10 Å². The summed E-state index contributed by atoms with van der Waals surface area (Å²) in [5, 5.41) is 6.39. The van der Waals surface area contributed by atoms with E-state index in [0.29, 0.717) is 0 Å². The van der Waals surface area contributed by atoms with Crippen molar-refractivity contribution in [3.63, 3.8) is 0 Å². The molecule has 3 nitrogen and oxygen atoms in total. The Bertz CT molecular complexity index is 470. The van der Waals surface area contributed by atoms with Gasteiger partial charge in [0.15, 0.2) is 0 Å². The maximum atomic E-state index is 6.23.